The third-order valence-corrected chi connectivity index (χ3v) is 2.90. The van der Waals surface area contributed by atoms with Gasteiger partial charge in [-0.1, -0.05) is 0 Å². The van der Waals surface area contributed by atoms with Crippen LogP contribution in [0.4, 0.5) is 10.1 Å². The van der Waals surface area contributed by atoms with Gasteiger partial charge in [0.25, 0.3) is 0 Å². The van der Waals surface area contributed by atoms with Crippen LogP contribution in [0.5, 0.6) is 0 Å². The van der Waals surface area contributed by atoms with Gasteiger partial charge in [-0.2, -0.15) is 0 Å². The number of halogens is 1. The molecule has 0 radical (unpaired) electrons. The fourth-order valence-corrected chi connectivity index (χ4v) is 1.81. The highest BCUT2D eigenvalue weighted by atomic mass is 19.1. The van der Waals surface area contributed by atoms with E-state index in [1.165, 1.54) is 12.3 Å². The molecule has 1 aliphatic carbocycles. The molecule has 2 rings (SSSR count). The van der Waals surface area contributed by atoms with Gasteiger partial charge in [-0.25, -0.2) is 4.39 Å². The molecule has 0 atom stereocenters. The second kappa shape index (κ2) is 3.20. The summed E-state index contributed by atoms with van der Waals surface area (Å²) < 4.78 is 19.0. The maximum Gasteiger partial charge on any atom is 0.170 e. The number of ether oxygens (including phenoxy) is 1. The number of aromatic nitrogens is 1. The monoisotopic (exact) mass is 196 g/mol. The van der Waals surface area contributed by atoms with E-state index in [1.807, 2.05) is 0 Å². The molecule has 0 spiro atoms. The van der Waals surface area contributed by atoms with Gasteiger partial charge in [-0.05, 0) is 25.3 Å². The predicted molar refractivity (Wildman–Crippen MR) is 51.1 cm³/mol. The zero-order chi connectivity index (χ0) is 10.2. The first kappa shape index (κ1) is 9.40. The summed E-state index contributed by atoms with van der Waals surface area (Å²) in [7, 11) is 1.59. The molecule has 0 aliphatic heterocycles. The molecule has 0 aromatic carbocycles. The number of methoxy groups -OCH3 is 1. The summed E-state index contributed by atoms with van der Waals surface area (Å²) in [5.74, 6) is -0.436. The predicted octanol–water partition coefficient (Wildman–Crippen LogP) is 1.83. The van der Waals surface area contributed by atoms with Crippen LogP contribution in [0.2, 0.25) is 0 Å². The number of rotatable bonds is 2. The van der Waals surface area contributed by atoms with Crippen molar-refractivity contribution in [3.05, 3.63) is 23.8 Å². The Morgan fingerprint density at radius 3 is 2.79 bits per heavy atom. The number of nitrogens with zero attached hydrogens (tertiary/aromatic N) is 1. The van der Waals surface area contributed by atoms with Crippen molar-refractivity contribution in [3.63, 3.8) is 0 Å². The first-order valence-electron chi connectivity index (χ1n) is 4.65. The molecule has 76 valence electrons. The van der Waals surface area contributed by atoms with Gasteiger partial charge in [0.15, 0.2) is 5.82 Å². The summed E-state index contributed by atoms with van der Waals surface area (Å²) in [4.78, 5) is 4.02. The lowest BCUT2D eigenvalue weighted by Crippen LogP contribution is -2.38. The maximum absolute atomic E-state index is 13.6. The quantitative estimate of drug-likeness (QED) is 0.785. The summed E-state index contributed by atoms with van der Waals surface area (Å²) in [5, 5.41) is 0. The Hall–Kier alpha value is -1.16. The topological polar surface area (TPSA) is 48.1 Å². The largest absolute Gasteiger partial charge is 0.396 e. The Labute approximate surface area is 82.1 Å². The first-order chi connectivity index (χ1) is 6.69. The highest BCUT2D eigenvalue weighted by Gasteiger charge is 2.42. The number of nitrogen functional groups attached to an aromatic ring is 1. The van der Waals surface area contributed by atoms with Gasteiger partial charge >= 0.3 is 0 Å². The highest BCUT2D eigenvalue weighted by Crippen LogP contribution is 2.44. The number of hydrogen-bond donors (Lipinski definition) is 1. The van der Waals surface area contributed by atoms with Crippen molar-refractivity contribution >= 4 is 5.69 Å². The lowest BCUT2D eigenvalue weighted by atomic mass is 9.77. The molecule has 0 amide bonds. The second-order valence-electron chi connectivity index (χ2n) is 3.61. The van der Waals surface area contributed by atoms with Crippen molar-refractivity contribution in [3.8, 4) is 0 Å². The van der Waals surface area contributed by atoms with Gasteiger partial charge in [0.05, 0.1) is 5.69 Å². The van der Waals surface area contributed by atoms with E-state index >= 15 is 0 Å². The molecule has 1 aliphatic rings. The van der Waals surface area contributed by atoms with Crippen molar-refractivity contribution in [1.29, 1.82) is 0 Å². The molecule has 0 bridgehead atoms. The van der Waals surface area contributed by atoms with Crippen molar-refractivity contribution in [2.45, 2.75) is 24.9 Å². The summed E-state index contributed by atoms with van der Waals surface area (Å²) in [6, 6.07) is 1.46. The number of anilines is 1. The van der Waals surface area contributed by atoms with Crippen LogP contribution in [0.3, 0.4) is 0 Å². The van der Waals surface area contributed by atoms with Crippen LogP contribution in [0.25, 0.3) is 0 Å². The van der Waals surface area contributed by atoms with E-state index in [9.17, 15) is 4.39 Å². The summed E-state index contributed by atoms with van der Waals surface area (Å²) >= 11 is 0. The molecular weight excluding hydrogens is 183 g/mol. The van der Waals surface area contributed by atoms with Crippen LogP contribution in [0.1, 0.15) is 25.0 Å². The van der Waals surface area contributed by atoms with Gasteiger partial charge in [-0.3, -0.25) is 4.98 Å². The van der Waals surface area contributed by atoms with E-state index < -0.39 is 11.4 Å². The Balaban J connectivity index is 2.45. The zero-order valence-corrected chi connectivity index (χ0v) is 8.09. The molecule has 1 aromatic heterocycles. The van der Waals surface area contributed by atoms with Crippen LogP contribution in [-0.4, -0.2) is 12.1 Å². The summed E-state index contributed by atoms with van der Waals surface area (Å²) in [6.07, 6.45) is 4.20. The Kier molecular flexibility index (Phi) is 2.15. The van der Waals surface area contributed by atoms with E-state index in [0.29, 0.717) is 5.69 Å². The van der Waals surface area contributed by atoms with E-state index in [1.54, 1.807) is 7.11 Å². The Morgan fingerprint density at radius 1 is 1.57 bits per heavy atom. The van der Waals surface area contributed by atoms with Gasteiger partial charge in [0.2, 0.25) is 0 Å². The lowest BCUT2D eigenvalue weighted by molar-refractivity contribution is -0.0835. The molecular formula is C10H13FN2O. The third-order valence-electron chi connectivity index (χ3n) is 2.90. The van der Waals surface area contributed by atoms with E-state index in [2.05, 4.69) is 4.98 Å². The molecule has 3 nitrogen and oxygen atoms in total. The zero-order valence-electron chi connectivity index (χ0n) is 8.09. The van der Waals surface area contributed by atoms with Crippen molar-refractivity contribution in [2.75, 3.05) is 12.8 Å². The summed E-state index contributed by atoms with van der Waals surface area (Å²) in [5.41, 5.74) is 5.44. The Morgan fingerprint density at radius 2 is 2.29 bits per heavy atom. The molecule has 1 fully saturated rings. The molecule has 2 N–H and O–H groups in total. The van der Waals surface area contributed by atoms with Crippen LogP contribution in [0.15, 0.2) is 12.3 Å². The van der Waals surface area contributed by atoms with Crippen molar-refractivity contribution in [2.24, 2.45) is 0 Å². The first-order valence-corrected chi connectivity index (χ1v) is 4.65. The Bertz CT molecular complexity index is 344. The van der Waals surface area contributed by atoms with Gasteiger partial charge in [0.1, 0.15) is 11.3 Å². The average molecular weight is 196 g/mol. The normalized spacial score (nSPS) is 19.0. The minimum Gasteiger partial charge on any atom is -0.396 e. The number of nitrogens with two attached hydrogens (primary N) is 1. The van der Waals surface area contributed by atoms with Crippen LogP contribution in [-0.2, 0) is 10.3 Å². The fourth-order valence-electron chi connectivity index (χ4n) is 1.81. The lowest BCUT2D eigenvalue weighted by Gasteiger charge is -2.39. The van der Waals surface area contributed by atoms with E-state index in [-0.39, 0.29) is 5.69 Å². The molecule has 1 aromatic rings. The highest BCUT2D eigenvalue weighted by molar-refractivity contribution is 5.41. The average Bonchev–Trinajstić information content (AvgIpc) is 2.11. The maximum atomic E-state index is 13.6. The number of pyridine rings is 1. The third kappa shape index (κ3) is 1.18. The number of hydrogen-bond acceptors (Lipinski definition) is 3. The molecule has 14 heavy (non-hydrogen) atoms. The van der Waals surface area contributed by atoms with E-state index in [0.717, 1.165) is 19.3 Å². The molecule has 1 heterocycles. The molecule has 0 saturated heterocycles. The standard InChI is InChI=1S/C10H13FN2O/c1-14-10(4-2-5-10)9-8(11)7(12)3-6-13-9/h3,6H,2,4-5H2,1H3,(H2,12,13). The minimum atomic E-state index is -0.528. The minimum absolute atomic E-state index is 0.137. The molecule has 1 saturated carbocycles. The van der Waals surface area contributed by atoms with Crippen LogP contribution < -0.4 is 5.73 Å². The summed E-state index contributed by atoms with van der Waals surface area (Å²) in [6.45, 7) is 0. The van der Waals surface area contributed by atoms with Crippen molar-refractivity contribution in [1.82, 2.24) is 4.98 Å². The van der Waals surface area contributed by atoms with E-state index in [4.69, 9.17) is 10.5 Å². The van der Waals surface area contributed by atoms with Gasteiger partial charge in [0, 0.05) is 13.3 Å². The molecule has 4 heteroatoms. The fraction of sp³-hybridized carbons (Fsp3) is 0.500. The van der Waals surface area contributed by atoms with Crippen molar-refractivity contribution < 1.29 is 9.13 Å². The van der Waals surface area contributed by atoms with Crippen LogP contribution in [0, 0.1) is 5.82 Å². The van der Waals surface area contributed by atoms with Crippen LogP contribution >= 0.6 is 0 Å². The van der Waals surface area contributed by atoms with Gasteiger partial charge in [-0.15, -0.1) is 0 Å². The smallest absolute Gasteiger partial charge is 0.170 e. The molecule has 0 unspecified atom stereocenters. The second-order valence-corrected chi connectivity index (χ2v) is 3.61. The SMILES string of the molecule is COC1(c2nccc(N)c2F)CCC1. The van der Waals surface area contributed by atoms with Gasteiger partial charge < -0.3 is 10.5 Å².